The van der Waals surface area contributed by atoms with E-state index < -0.39 is 5.97 Å². The number of carbonyl (C=O) groups excluding carboxylic acids is 1. The molecule has 0 amide bonds. The Morgan fingerprint density at radius 2 is 2.05 bits per heavy atom. The number of carbonyl (C=O) groups is 1. The van der Waals surface area contributed by atoms with Crippen LogP contribution in [0.3, 0.4) is 0 Å². The maximum absolute atomic E-state index is 11.7. The van der Waals surface area contributed by atoms with Crippen molar-refractivity contribution in [2.75, 3.05) is 13.7 Å². The van der Waals surface area contributed by atoms with E-state index in [9.17, 15) is 4.79 Å². The molecule has 0 N–H and O–H groups in total. The van der Waals surface area contributed by atoms with E-state index in [0.717, 1.165) is 0 Å². The highest BCUT2D eigenvalue weighted by atomic mass is 16.5. The van der Waals surface area contributed by atoms with Gasteiger partial charge in [-0.3, -0.25) is 0 Å². The molecule has 1 rings (SSSR count). The quantitative estimate of drug-likeness (QED) is 0.455. The van der Waals surface area contributed by atoms with Crippen LogP contribution in [0.4, 0.5) is 0 Å². The van der Waals surface area contributed by atoms with Crippen molar-refractivity contribution < 1.29 is 19.0 Å². The third kappa shape index (κ3) is 4.84. The van der Waals surface area contributed by atoms with Gasteiger partial charge in [-0.2, -0.15) is 10.5 Å². The summed E-state index contributed by atoms with van der Waals surface area (Å²) in [4.78, 5) is 11.7. The molecule has 0 aliphatic rings. The summed E-state index contributed by atoms with van der Waals surface area (Å²) < 4.78 is 15.3. The SMILES string of the molecule is COc1cc(/C=C(\C#N)C(=O)OC(C)C)ccc1OCC#N. The number of nitrogens with zero attached hydrogens (tertiary/aromatic N) is 2. The zero-order valence-corrected chi connectivity index (χ0v) is 12.6. The lowest BCUT2D eigenvalue weighted by molar-refractivity contribution is -0.142. The first-order valence-corrected chi connectivity index (χ1v) is 6.52. The van der Waals surface area contributed by atoms with Gasteiger partial charge in [0, 0.05) is 0 Å². The van der Waals surface area contributed by atoms with E-state index in [-0.39, 0.29) is 18.3 Å². The van der Waals surface area contributed by atoms with Crippen LogP contribution < -0.4 is 9.47 Å². The van der Waals surface area contributed by atoms with Gasteiger partial charge in [-0.05, 0) is 37.6 Å². The summed E-state index contributed by atoms with van der Waals surface area (Å²) in [5.41, 5.74) is 0.472. The molecule has 0 spiro atoms. The van der Waals surface area contributed by atoms with E-state index in [1.807, 2.05) is 12.1 Å². The van der Waals surface area contributed by atoms with Crippen LogP contribution in [0.25, 0.3) is 6.08 Å². The van der Waals surface area contributed by atoms with Gasteiger partial charge in [0.15, 0.2) is 18.1 Å². The molecular weight excluding hydrogens is 284 g/mol. The van der Waals surface area contributed by atoms with E-state index in [1.165, 1.54) is 13.2 Å². The normalized spacial score (nSPS) is 10.5. The predicted octanol–water partition coefficient (Wildman–Crippen LogP) is 2.46. The molecule has 0 radical (unpaired) electrons. The Hall–Kier alpha value is -2.99. The number of ether oxygens (including phenoxy) is 3. The van der Waals surface area contributed by atoms with Crippen LogP contribution in [-0.4, -0.2) is 25.8 Å². The van der Waals surface area contributed by atoms with Crippen molar-refractivity contribution in [1.29, 1.82) is 10.5 Å². The smallest absolute Gasteiger partial charge is 0.349 e. The molecule has 1 aromatic carbocycles. The zero-order valence-electron chi connectivity index (χ0n) is 12.6. The summed E-state index contributed by atoms with van der Waals surface area (Å²) in [6.45, 7) is 3.31. The molecule has 0 unspecified atom stereocenters. The van der Waals surface area contributed by atoms with Crippen LogP contribution in [0.5, 0.6) is 11.5 Å². The maximum Gasteiger partial charge on any atom is 0.349 e. The van der Waals surface area contributed by atoms with E-state index in [0.29, 0.717) is 17.1 Å². The topological polar surface area (TPSA) is 92.3 Å². The van der Waals surface area contributed by atoms with E-state index in [4.69, 9.17) is 24.7 Å². The number of hydrogen-bond donors (Lipinski definition) is 0. The summed E-state index contributed by atoms with van der Waals surface area (Å²) in [5, 5.41) is 17.6. The highest BCUT2D eigenvalue weighted by molar-refractivity contribution is 5.98. The number of esters is 1. The van der Waals surface area contributed by atoms with Gasteiger partial charge in [0.1, 0.15) is 17.7 Å². The molecule has 0 aromatic heterocycles. The van der Waals surface area contributed by atoms with E-state index >= 15 is 0 Å². The summed E-state index contributed by atoms with van der Waals surface area (Å²) in [7, 11) is 1.46. The van der Waals surface area contributed by atoms with Crippen molar-refractivity contribution in [2.45, 2.75) is 20.0 Å². The molecule has 0 fully saturated rings. The second-order valence-electron chi connectivity index (χ2n) is 4.48. The van der Waals surface area contributed by atoms with Gasteiger partial charge in [0.2, 0.25) is 0 Å². The van der Waals surface area contributed by atoms with Crippen LogP contribution in [0, 0.1) is 22.7 Å². The Kier molecular flexibility index (Phi) is 6.46. The number of rotatable bonds is 6. The molecule has 6 nitrogen and oxygen atoms in total. The Bertz CT molecular complexity index is 651. The highest BCUT2D eigenvalue weighted by Gasteiger charge is 2.13. The number of benzene rings is 1. The molecule has 0 saturated heterocycles. The molecule has 0 heterocycles. The fourth-order valence-electron chi connectivity index (χ4n) is 1.58. The highest BCUT2D eigenvalue weighted by Crippen LogP contribution is 2.28. The fraction of sp³-hybridized carbons (Fsp3) is 0.312. The number of methoxy groups -OCH3 is 1. The zero-order chi connectivity index (χ0) is 16.5. The van der Waals surface area contributed by atoms with Crippen LogP contribution in [0.1, 0.15) is 19.4 Å². The minimum atomic E-state index is -0.679. The lowest BCUT2D eigenvalue weighted by Gasteiger charge is -2.09. The lowest BCUT2D eigenvalue weighted by atomic mass is 10.1. The van der Waals surface area contributed by atoms with Gasteiger partial charge in [0.05, 0.1) is 13.2 Å². The molecule has 0 aliphatic carbocycles. The van der Waals surface area contributed by atoms with Crippen molar-refractivity contribution in [3.63, 3.8) is 0 Å². The molecule has 6 heteroatoms. The summed E-state index contributed by atoms with van der Waals surface area (Å²) >= 11 is 0. The first-order valence-electron chi connectivity index (χ1n) is 6.52. The first-order chi connectivity index (χ1) is 10.5. The van der Waals surface area contributed by atoms with E-state index in [2.05, 4.69) is 0 Å². The molecular formula is C16H16N2O4. The van der Waals surface area contributed by atoms with Gasteiger partial charge in [0.25, 0.3) is 0 Å². The second-order valence-corrected chi connectivity index (χ2v) is 4.48. The Morgan fingerprint density at radius 1 is 1.32 bits per heavy atom. The summed E-state index contributed by atoms with van der Waals surface area (Å²) in [6, 6.07) is 8.53. The van der Waals surface area contributed by atoms with Crippen molar-refractivity contribution in [1.82, 2.24) is 0 Å². The minimum Gasteiger partial charge on any atom is -0.493 e. The van der Waals surface area contributed by atoms with Crippen LogP contribution in [0.2, 0.25) is 0 Å². The largest absolute Gasteiger partial charge is 0.493 e. The van der Waals surface area contributed by atoms with Crippen molar-refractivity contribution >= 4 is 12.0 Å². The van der Waals surface area contributed by atoms with Crippen LogP contribution in [-0.2, 0) is 9.53 Å². The van der Waals surface area contributed by atoms with Crippen molar-refractivity contribution in [2.24, 2.45) is 0 Å². The van der Waals surface area contributed by atoms with E-state index in [1.54, 1.807) is 32.0 Å². The Labute approximate surface area is 129 Å². The third-order valence-electron chi connectivity index (χ3n) is 2.47. The van der Waals surface area contributed by atoms with Crippen LogP contribution in [0.15, 0.2) is 23.8 Å². The number of hydrogen-bond acceptors (Lipinski definition) is 6. The Morgan fingerprint density at radius 3 is 2.59 bits per heavy atom. The maximum atomic E-state index is 11.7. The van der Waals surface area contributed by atoms with Gasteiger partial charge in [-0.15, -0.1) is 0 Å². The monoisotopic (exact) mass is 300 g/mol. The summed E-state index contributed by atoms with van der Waals surface area (Å²) in [5.74, 6) is 0.129. The molecule has 0 saturated carbocycles. The van der Waals surface area contributed by atoms with Crippen molar-refractivity contribution in [3.05, 3.63) is 29.3 Å². The lowest BCUT2D eigenvalue weighted by Crippen LogP contribution is -2.12. The molecule has 114 valence electrons. The van der Waals surface area contributed by atoms with Gasteiger partial charge >= 0.3 is 5.97 Å². The first kappa shape index (κ1) is 17.1. The fourth-order valence-corrected chi connectivity index (χ4v) is 1.58. The molecule has 22 heavy (non-hydrogen) atoms. The standard InChI is InChI=1S/C16H16N2O4/c1-11(2)22-16(19)13(10-18)8-12-4-5-14(21-7-6-17)15(9-12)20-3/h4-5,8-9,11H,7H2,1-3H3/b13-8+. The molecule has 0 aliphatic heterocycles. The second kappa shape index (κ2) is 8.33. The van der Waals surface area contributed by atoms with Gasteiger partial charge in [-0.1, -0.05) is 6.07 Å². The van der Waals surface area contributed by atoms with Crippen LogP contribution >= 0.6 is 0 Å². The van der Waals surface area contributed by atoms with Gasteiger partial charge in [-0.25, -0.2) is 4.79 Å². The van der Waals surface area contributed by atoms with Gasteiger partial charge < -0.3 is 14.2 Å². The molecule has 1 aromatic rings. The summed E-state index contributed by atoms with van der Waals surface area (Å²) in [6.07, 6.45) is 1.10. The average molecular weight is 300 g/mol. The van der Waals surface area contributed by atoms with Crippen molar-refractivity contribution in [3.8, 4) is 23.6 Å². The third-order valence-corrected chi connectivity index (χ3v) is 2.47. The molecule has 0 atom stereocenters. The number of nitriles is 2. The molecule has 0 bridgehead atoms. The predicted molar refractivity (Wildman–Crippen MR) is 78.9 cm³/mol. The minimum absolute atomic E-state index is 0.101. The average Bonchev–Trinajstić information content (AvgIpc) is 2.50. The Balaban J connectivity index is 3.06.